The van der Waals surface area contributed by atoms with Crippen molar-refractivity contribution in [3.05, 3.63) is 36.5 Å². The van der Waals surface area contributed by atoms with E-state index in [0.717, 1.165) is 0 Å². The normalized spacial score (nSPS) is 17.7. The molecule has 0 unspecified atom stereocenters. The fourth-order valence-corrected chi connectivity index (χ4v) is 2.82. The molecule has 0 atom stereocenters. The van der Waals surface area contributed by atoms with Crippen molar-refractivity contribution in [1.29, 1.82) is 10.5 Å². The zero-order valence-corrected chi connectivity index (χ0v) is 13.9. The number of esters is 2. The lowest BCUT2D eigenvalue weighted by molar-refractivity contribution is -0.168. The number of rotatable bonds is 6. The first-order chi connectivity index (χ1) is 11.3. The average Bonchev–Trinajstić information content (AvgIpc) is 2.93. The van der Waals surface area contributed by atoms with Crippen LogP contribution in [0.4, 0.5) is 0 Å². The van der Waals surface area contributed by atoms with E-state index in [1.165, 1.54) is 20.3 Å². The molecule has 24 heavy (non-hydrogen) atoms. The number of hydrogen-bond donors (Lipinski definition) is 0. The van der Waals surface area contributed by atoms with Gasteiger partial charge in [0.15, 0.2) is 10.8 Å². The van der Waals surface area contributed by atoms with Gasteiger partial charge >= 0.3 is 11.9 Å². The fourth-order valence-electron chi connectivity index (χ4n) is 2.82. The number of nitrogens with zero attached hydrogens (tertiary/aromatic N) is 2. The molecule has 0 saturated heterocycles. The zero-order chi connectivity index (χ0) is 18.4. The van der Waals surface area contributed by atoms with Crippen LogP contribution in [0.1, 0.15) is 25.7 Å². The zero-order valence-electron chi connectivity index (χ0n) is 13.9. The van der Waals surface area contributed by atoms with Gasteiger partial charge in [0.1, 0.15) is 0 Å². The Kier molecular flexibility index (Phi) is 6.08. The van der Waals surface area contributed by atoms with E-state index in [4.69, 9.17) is 9.47 Å². The Labute approximate surface area is 141 Å². The van der Waals surface area contributed by atoms with Crippen LogP contribution < -0.4 is 0 Å². The van der Waals surface area contributed by atoms with Crippen LogP contribution in [0.25, 0.3) is 0 Å². The standard InChI is InChI=1S/C18H20N2O4/c1-5-7-18(15(21)23-3,16(22)24-4)8-6-14-10-17(11-19,12-20)9-13(14)2/h5-6H,1-2,7-10H2,3-4H3/b14-6+. The number of ether oxygens (including phenoxy) is 2. The summed E-state index contributed by atoms with van der Waals surface area (Å²) in [6.45, 7) is 7.46. The lowest BCUT2D eigenvalue weighted by Gasteiger charge is -2.26. The minimum Gasteiger partial charge on any atom is -0.468 e. The summed E-state index contributed by atoms with van der Waals surface area (Å²) in [6.07, 6.45) is 3.63. The van der Waals surface area contributed by atoms with E-state index in [1.807, 2.05) is 12.1 Å². The first kappa shape index (κ1) is 19.2. The molecule has 6 nitrogen and oxygen atoms in total. The summed E-state index contributed by atoms with van der Waals surface area (Å²) >= 11 is 0. The van der Waals surface area contributed by atoms with Gasteiger partial charge in [-0.1, -0.05) is 18.7 Å². The number of methoxy groups -OCH3 is 2. The maximum atomic E-state index is 12.2. The number of allylic oxidation sites excluding steroid dienone is 4. The molecule has 6 heteroatoms. The molecule has 0 heterocycles. The number of nitriles is 2. The largest absolute Gasteiger partial charge is 0.468 e. The van der Waals surface area contributed by atoms with Gasteiger partial charge in [-0.25, -0.2) is 0 Å². The number of carbonyl (C=O) groups is 2. The highest BCUT2D eigenvalue weighted by Gasteiger charge is 2.47. The summed E-state index contributed by atoms with van der Waals surface area (Å²) in [5, 5.41) is 18.4. The van der Waals surface area contributed by atoms with Crippen LogP contribution in [-0.2, 0) is 19.1 Å². The average molecular weight is 328 g/mol. The highest BCUT2D eigenvalue weighted by molar-refractivity contribution is 6.00. The van der Waals surface area contributed by atoms with Crippen LogP contribution in [0.3, 0.4) is 0 Å². The summed E-state index contributed by atoms with van der Waals surface area (Å²) in [5.74, 6) is -1.44. The van der Waals surface area contributed by atoms with Crippen molar-refractivity contribution in [2.45, 2.75) is 25.7 Å². The Hall–Kier alpha value is -2.86. The van der Waals surface area contributed by atoms with Gasteiger partial charge in [0, 0.05) is 12.8 Å². The molecule has 0 spiro atoms. The van der Waals surface area contributed by atoms with Crippen LogP contribution in [0.15, 0.2) is 36.5 Å². The molecule has 1 rings (SSSR count). The Morgan fingerprint density at radius 1 is 1.21 bits per heavy atom. The Morgan fingerprint density at radius 3 is 2.12 bits per heavy atom. The Balaban J connectivity index is 3.22. The van der Waals surface area contributed by atoms with Crippen molar-refractivity contribution in [2.24, 2.45) is 10.8 Å². The quantitative estimate of drug-likeness (QED) is 0.422. The molecule has 1 fully saturated rings. The third kappa shape index (κ3) is 3.38. The molecule has 0 radical (unpaired) electrons. The molecule has 0 aliphatic heterocycles. The van der Waals surface area contributed by atoms with Crippen LogP contribution in [0.5, 0.6) is 0 Å². The van der Waals surface area contributed by atoms with Gasteiger partial charge in [-0.15, -0.1) is 6.58 Å². The van der Waals surface area contributed by atoms with Crippen molar-refractivity contribution >= 4 is 11.9 Å². The van der Waals surface area contributed by atoms with Gasteiger partial charge in [0.25, 0.3) is 0 Å². The molecular formula is C18H20N2O4. The summed E-state index contributed by atoms with van der Waals surface area (Å²) < 4.78 is 9.55. The van der Waals surface area contributed by atoms with Crippen LogP contribution in [0.2, 0.25) is 0 Å². The molecule has 1 aliphatic carbocycles. The summed E-state index contributed by atoms with van der Waals surface area (Å²) in [4.78, 5) is 24.4. The third-order valence-corrected chi connectivity index (χ3v) is 4.23. The molecule has 0 aromatic heterocycles. The minimum absolute atomic E-state index is 0.0135. The summed E-state index contributed by atoms with van der Waals surface area (Å²) in [6, 6.07) is 4.03. The van der Waals surface area contributed by atoms with Crippen molar-refractivity contribution in [2.75, 3.05) is 14.2 Å². The lowest BCUT2D eigenvalue weighted by Crippen LogP contribution is -2.40. The maximum Gasteiger partial charge on any atom is 0.323 e. The third-order valence-electron chi connectivity index (χ3n) is 4.23. The molecule has 0 amide bonds. The van der Waals surface area contributed by atoms with Crippen LogP contribution in [-0.4, -0.2) is 26.2 Å². The first-order valence-electron chi connectivity index (χ1n) is 7.32. The molecule has 0 aromatic rings. The van der Waals surface area contributed by atoms with Crippen LogP contribution in [0, 0.1) is 33.5 Å². The summed E-state index contributed by atoms with van der Waals surface area (Å²) in [5.41, 5.74) is -1.33. The molecule has 0 N–H and O–H groups in total. The van der Waals surface area contributed by atoms with E-state index in [9.17, 15) is 20.1 Å². The topological polar surface area (TPSA) is 100 Å². The predicted molar refractivity (Wildman–Crippen MR) is 86.0 cm³/mol. The van der Waals surface area contributed by atoms with Gasteiger partial charge in [-0.2, -0.15) is 10.5 Å². The number of hydrogen-bond acceptors (Lipinski definition) is 6. The van der Waals surface area contributed by atoms with Gasteiger partial charge in [-0.05, 0) is 24.0 Å². The number of carbonyl (C=O) groups excluding carboxylic acids is 2. The van der Waals surface area contributed by atoms with E-state index < -0.39 is 22.8 Å². The van der Waals surface area contributed by atoms with E-state index >= 15 is 0 Å². The summed E-state index contributed by atoms with van der Waals surface area (Å²) in [7, 11) is 2.39. The predicted octanol–water partition coefficient (Wildman–Crippen LogP) is 2.59. The highest BCUT2D eigenvalue weighted by Crippen LogP contribution is 2.44. The van der Waals surface area contributed by atoms with Gasteiger partial charge in [0.05, 0.1) is 26.4 Å². The second-order valence-corrected chi connectivity index (χ2v) is 5.75. The van der Waals surface area contributed by atoms with Gasteiger partial charge in [0.2, 0.25) is 0 Å². The SMILES string of the molecule is C=CCC(C/C=C1\CC(C#N)(C#N)CC1=C)(C(=O)OC)C(=O)OC. The minimum atomic E-state index is -1.54. The van der Waals surface area contributed by atoms with Gasteiger partial charge in [-0.3, -0.25) is 9.59 Å². The lowest BCUT2D eigenvalue weighted by atomic mass is 9.80. The smallest absolute Gasteiger partial charge is 0.323 e. The second-order valence-electron chi connectivity index (χ2n) is 5.75. The molecule has 126 valence electrons. The highest BCUT2D eigenvalue weighted by atomic mass is 16.5. The van der Waals surface area contributed by atoms with Crippen molar-refractivity contribution in [3.8, 4) is 12.1 Å². The van der Waals surface area contributed by atoms with Crippen molar-refractivity contribution in [1.82, 2.24) is 0 Å². The van der Waals surface area contributed by atoms with E-state index in [1.54, 1.807) is 6.08 Å². The van der Waals surface area contributed by atoms with Crippen LogP contribution >= 0.6 is 0 Å². The van der Waals surface area contributed by atoms with Gasteiger partial charge < -0.3 is 9.47 Å². The molecule has 0 bridgehead atoms. The molecule has 0 aromatic carbocycles. The Bertz CT molecular complexity index is 646. The molecule has 1 aliphatic rings. The monoisotopic (exact) mass is 328 g/mol. The molecular weight excluding hydrogens is 308 g/mol. The van der Waals surface area contributed by atoms with E-state index in [2.05, 4.69) is 13.2 Å². The van der Waals surface area contributed by atoms with E-state index in [0.29, 0.717) is 11.1 Å². The van der Waals surface area contributed by atoms with E-state index in [-0.39, 0.29) is 25.7 Å². The second kappa shape index (κ2) is 7.61. The fraction of sp³-hybridized carbons (Fsp3) is 0.444. The maximum absolute atomic E-state index is 12.2. The van der Waals surface area contributed by atoms with Crippen molar-refractivity contribution < 1.29 is 19.1 Å². The van der Waals surface area contributed by atoms with Crippen molar-refractivity contribution in [3.63, 3.8) is 0 Å². The first-order valence-corrected chi connectivity index (χ1v) is 7.32. The molecule has 1 saturated carbocycles. The Morgan fingerprint density at radius 2 is 1.75 bits per heavy atom.